The number of hydrogen-bond donors (Lipinski definition) is 0. The van der Waals surface area contributed by atoms with Gasteiger partial charge in [0, 0.05) is 26.7 Å². The number of morpholine rings is 1. The van der Waals surface area contributed by atoms with Gasteiger partial charge in [0.15, 0.2) is 0 Å². The summed E-state index contributed by atoms with van der Waals surface area (Å²) in [5.41, 5.74) is 0.967. The molecule has 1 heterocycles. The fourth-order valence-electron chi connectivity index (χ4n) is 3.90. The summed E-state index contributed by atoms with van der Waals surface area (Å²) in [5, 5.41) is 0. The number of rotatable bonds is 5. The van der Waals surface area contributed by atoms with Gasteiger partial charge in [-0.15, -0.1) is 0 Å². The smallest absolute Gasteiger partial charge is 0.236 e. The first-order chi connectivity index (χ1) is 12.1. The Bertz CT molecular complexity index is 557. The molecule has 2 fully saturated rings. The Labute approximate surface area is 149 Å². The van der Waals surface area contributed by atoms with Gasteiger partial charge in [-0.1, -0.05) is 31.4 Å². The molecule has 0 unspecified atom stereocenters. The summed E-state index contributed by atoms with van der Waals surface area (Å²) in [6.45, 7) is 3.35. The number of hydrogen-bond acceptors (Lipinski definition) is 3. The lowest BCUT2D eigenvalue weighted by molar-refractivity contribution is -0.133. The van der Waals surface area contributed by atoms with E-state index in [-0.39, 0.29) is 17.8 Å². The highest BCUT2D eigenvalue weighted by molar-refractivity contribution is 5.78. The van der Waals surface area contributed by atoms with Crippen LogP contribution in [-0.4, -0.2) is 55.5 Å². The Balaban J connectivity index is 1.49. The van der Waals surface area contributed by atoms with E-state index in [1.165, 1.54) is 44.2 Å². The van der Waals surface area contributed by atoms with Crippen LogP contribution < -0.4 is 0 Å². The van der Waals surface area contributed by atoms with Gasteiger partial charge in [-0.2, -0.15) is 0 Å². The molecule has 1 atom stereocenters. The Kier molecular flexibility index (Phi) is 6.43. The highest BCUT2D eigenvalue weighted by Gasteiger charge is 2.25. The Morgan fingerprint density at radius 2 is 1.96 bits per heavy atom. The molecular weight excluding hydrogens is 319 g/mol. The van der Waals surface area contributed by atoms with E-state index in [9.17, 15) is 9.18 Å². The molecule has 1 saturated carbocycles. The number of carbonyl (C=O) groups excluding carboxylic acids is 1. The summed E-state index contributed by atoms with van der Waals surface area (Å²) in [4.78, 5) is 16.6. The van der Waals surface area contributed by atoms with E-state index in [0.29, 0.717) is 25.6 Å². The van der Waals surface area contributed by atoms with Crippen LogP contribution in [0.5, 0.6) is 0 Å². The molecule has 2 aliphatic rings. The third kappa shape index (κ3) is 5.25. The zero-order valence-corrected chi connectivity index (χ0v) is 15.1. The first kappa shape index (κ1) is 18.3. The van der Waals surface area contributed by atoms with Crippen molar-refractivity contribution in [3.05, 3.63) is 35.6 Å². The van der Waals surface area contributed by atoms with Crippen molar-refractivity contribution in [2.75, 3.05) is 39.8 Å². The SMILES string of the molecule is CN(CC1CCCCC1)C(=O)CN1CCO[C@H](c2ccc(F)cc2)C1. The Morgan fingerprint density at radius 3 is 2.68 bits per heavy atom. The molecule has 1 saturated heterocycles. The molecule has 5 heteroatoms. The zero-order chi connectivity index (χ0) is 17.6. The van der Waals surface area contributed by atoms with Crippen molar-refractivity contribution in [2.45, 2.75) is 38.2 Å². The third-order valence-corrected chi connectivity index (χ3v) is 5.43. The molecule has 3 rings (SSSR count). The van der Waals surface area contributed by atoms with Crippen LogP contribution in [0.25, 0.3) is 0 Å². The molecule has 1 aliphatic heterocycles. The molecule has 1 aromatic carbocycles. The fraction of sp³-hybridized carbons (Fsp3) is 0.650. The van der Waals surface area contributed by atoms with E-state index in [2.05, 4.69) is 4.90 Å². The predicted molar refractivity (Wildman–Crippen MR) is 95.7 cm³/mol. The average Bonchev–Trinajstić information content (AvgIpc) is 2.63. The van der Waals surface area contributed by atoms with Gasteiger partial charge in [0.1, 0.15) is 5.82 Å². The van der Waals surface area contributed by atoms with Crippen LogP contribution >= 0.6 is 0 Å². The van der Waals surface area contributed by atoms with Crippen LogP contribution in [-0.2, 0) is 9.53 Å². The summed E-state index contributed by atoms with van der Waals surface area (Å²) in [6, 6.07) is 6.45. The average molecular weight is 348 g/mol. The van der Waals surface area contributed by atoms with E-state index < -0.39 is 0 Å². The van der Waals surface area contributed by atoms with Crippen molar-refractivity contribution < 1.29 is 13.9 Å². The lowest BCUT2D eigenvalue weighted by Crippen LogP contribution is -2.45. The molecule has 0 N–H and O–H groups in total. The maximum atomic E-state index is 13.1. The van der Waals surface area contributed by atoms with Crippen molar-refractivity contribution in [3.63, 3.8) is 0 Å². The Hall–Kier alpha value is -1.46. The monoisotopic (exact) mass is 348 g/mol. The molecule has 1 aromatic rings. The number of likely N-dealkylation sites (N-methyl/N-ethyl adjacent to an activating group) is 1. The molecule has 1 aliphatic carbocycles. The van der Waals surface area contributed by atoms with Gasteiger partial charge in [-0.25, -0.2) is 4.39 Å². The quantitative estimate of drug-likeness (QED) is 0.819. The molecule has 4 nitrogen and oxygen atoms in total. The maximum Gasteiger partial charge on any atom is 0.236 e. The number of nitrogens with zero attached hydrogens (tertiary/aromatic N) is 2. The van der Waals surface area contributed by atoms with Crippen molar-refractivity contribution in [1.29, 1.82) is 0 Å². The van der Waals surface area contributed by atoms with Crippen LogP contribution in [0.4, 0.5) is 4.39 Å². The molecule has 0 bridgehead atoms. The fourth-order valence-corrected chi connectivity index (χ4v) is 3.90. The second kappa shape index (κ2) is 8.77. The van der Waals surface area contributed by atoms with Gasteiger partial charge in [0.2, 0.25) is 5.91 Å². The van der Waals surface area contributed by atoms with Crippen LogP contribution in [0.1, 0.15) is 43.8 Å². The van der Waals surface area contributed by atoms with Crippen molar-refractivity contribution >= 4 is 5.91 Å². The summed E-state index contributed by atoms with van der Waals surface area (Å²) in [7, 11) is 1.93. The van der Waals surface area contributed by atoms with Gasteiger partial charge in [0.05, 0.1) is 19.3 Å². The molecular formula is C20H29FN2O2. The largest absolute Gasteiger partial charge is 0.371 e. The molecule has 25 heavy (non-hydrogen) atoms. The normalized spacial score (nSPS) is 22.7. The number of ether oxygens (including phenoxy) is 1. The van der Waals surface area contributed by atoms with Crippen molar-refractivity contribution in [1.82, 2.24) is 9.80 Å². The maximum absolute atomic E-state index is 13.1. The van der Waals surface area contributed by atoms with Crippen molar-refractivity contribution in [2.24, 2.45) is 5.92 Å². The summed E-state index contributed by atoms with van der Waals surface area (Å²) >= 11 is 0. The summed E-state index contributed by atoms with van der Waals surface area (Å²) < 4.78 is 18.9. The molecule has 0 radical (unpaired) electrons. The molecule has 0 spiro atoms. The minimum atomic E-state index is -0.240. The molecule has 138 valence electrons. The van der Waals surface area contributed by atoms with Gasteiger partial charge in [0.25, 0.3) is 0 Å². The van der Waals surface area contributed by atoms with Crippen LogP contribution in [0.3, 0.4) is 0 Å². The predicted octanol–water partition coefficient (Wildman–Crippen LogP) is 3.24. The highest BCUT2D eigenvalue weighted by atomic mass is 19.1. The van der Waals surface area contributed by atoms with E-state index in [1.807, 2.05) is 11.9 Å². The number of carbonyl (C=O) groups is 1. The van der Waals surface area contributed by atoms with E-state index in [0.717, 1.165) is 18.7 Å². The molecule has 0 aromatic heterocycles. The minimum absolute atomic E-state index is 0.0919. The van der Waals surface area contributed by atoms with Crippen LogP contribution in [0.2, 0.25) is 0 Å². The highest BCUT2D eigenvalue weighted by Crippen LogP contribution is 2.25. The second-order valence-corrected chi connectivity index (χ2v) is 7.42. The topological polar surface area (TPSA) is 32.8 Å². The van der Waals surface area contributed by atoms with Crippen molar-refractivity contribution in [3.8, 4) is 0 Å². The van der Waals surface area contributed by atoms with Crippen LogP contribution in [0.15, 0.2) is 24.3 Å². The summed E-state index contributed by atoms with van der Waals surface area (Å²) in [6.07, 6.45) is 6.35. The third-order valence-electron chi connectivity index (χ3n) is 5.43. The molecule has 1 amide bonds. The Morgan fingerprint density at radius 1 is 1.24 bits per heavy atom. The van der Waals surface area contributed by atoms with E-state index >= 15 is 0 Å². The second-order valence-electron chi connectivity index (χ2n) is 7.42. The first-order valence-electron chi connectivity index (χ1n) is 9.45. The standard InChI is InChI=1S/C20H29FN2O2/c1-22(13-16-5-3-2-4-6-16)20(24)15-23-11-12-25-19(14-23)17-7-9-18(21)10-8-17/h7-10,16,19H,2-6,11-15H2,1H3/t19-/m0/s1. The zero-order valence-electron chi connectivity index (χ0n) is 15.1. The van der Waals surface area contributed by atoms with E-state index in [4.69, 9.17) is 4.74 Å². The van der Waals surface area contributed by atoms with Gasteiger partial charge < -0.3 is 9.64 Å². The van der Waals surface area contributed by atoms with E-state index in [1.54, 1.807) is 12.1 Å². The summed E-state index contributed by atoms with van der Waals surface area (Å²) in [5.74, 6) is 0.612. The lowest BCUT2D eigenvalue weighted by Gasteiger charge is -2.34. The van der Waals surface area contributed by atoms with Gasteiger partial charge in [-0.3, -0.25) is 9.69 Å². The van der Waals surface area contributed by atoms with Gasteiger partial charge in [-0.05, 0) is 36.5 Å². The first-order valence-corrected chi connectivity index (χ1v) is 9.45. The number of benzene rings is 1. The van der Waals surface area contributed by atoms with Crippen LogP contribution in [0, 0.1) is 11.7 Å². The lowest BCUT2D eigenvalue weighted by atomic mass is 9.89. The minimum Gasteiger partial charge on any atom is -0.371 e. The number of amides is 1. The number of halogens is 1. The van der Waals surface area contributed by atoms with Gasteiger partial charge >= 0.3 is 0 Å².